The van der Waals surface area contributed by atoms with Crippen molar-refractivity contribution in [3.63, 3.8) is 0 Å². The van der Waals surface area contributed by atoms with E-state index in [-0.39, 0.29) is 5.41 Å². The van der Waals surface area contributed by atoms with E-state index in [9.17, 15) is 5.11 Å². The molecule has 0 amide bonds. The molecule has 1 nitrogen and oxygen atoms in total. The van der Waals surface area contributed by atoms with Crippen molar-refractivity contribution in [2.45, 2.75) is 98.0 Å². The molecule has 0 aliphatic rings. The molecule has 164 valence electrons. The third-order valence-corrected chi connectivity index (χ3v) is 7.03. The van der Waals surface area contributed by atoms with E-state index in [0.717, 1.165) is 38.5 Å². The highest BCUT2D eigenvalue weighted by Gasteiger charge is 2.31. The van der Waals surface area contributed by atoms with E-state index < -0.39 is 5.60 Å². The van der Waals surface area contributed by atoms with Crippen LogP contribution in [0.3, 0.4) is 0 Å². The summed E-state index contributed by atoms with van der Waals surface area (Å²) in [5.41, 5.74) is 7.34. The van der Waals surface area contributed by atoms with Crippen LogP contribution in [0.25, 0.3) is 6.08 Å². The first-order valence-electron chi connectivity index (χ1n) is 11.9. The molecule has 0 atom stereocenters. The van der Waals surface area contributed by atoms with Gasteiger partial charge in [-0.3, -0.25) is 0 Å². The lowest BCUT2D eigenvalue weighted by Crippen LogP contribution is -2.26. The number of rotatable bonds is 10. The van der Waals surface area contributed by atoms with Gasteiger partial charge in [0, 0.05) is 5.41 Å². The van der Waals surface area contributed by atoms with Crippen LogP contribution in [0.2, 0.25) is 0 Å². The van der Waals surface area contributed by atoms with Crippen LogP contribution in [0, 0.1) is 20.8 Å². The number of aryl methyl sites for hydroxylation is 3. The summed E-state index contributed by atoms with van der Waals surface area (Å²) in [5.74, 6) is 0. The maximum absolute atomic E-state index is 10.9. The van der Waals surface area contributed by atoms with Crippen LogP contribution in [-0.2, 0) is 5.41 Å². The predicted octanol–water partition coefficient (Wildman–Crippen LogP) is 8.06. The molecule has 0 fully saturated rings. The average molecular weight is 407 g/mol. The van der Waals surface area contributed by atoms with Crippen molar-refractivity contribution in [1.29, 1.82) is 0 Å². The fraction of sp³-hybridized carbons (Fsp3) is 0.517. The van der Waals surface area contributed by atoms with Gasteiger partial charge in [-0.05, 0) is 79.8 Å². The smallest absolute Gasteiger partial charge is 0.0830 e. The predicted molar refractivity (Wildman–Crippen MR) is 132 cm³/mol. The summed E-state index contributed by atoms with van der Waals surface area (Å²) in [5, 5.41) is 10.9. The van der Waals surface area contributed by atoms with Crippen LogP contribution in [0.5, 0.6) is 0 Å². The molecule has 0 saturated heterocycles. The highest BCUT2D eigenvalue weighted by Crippen LogP contribution is 2.40. The van der Waals surface area contributed by atoms with Gasteiger partial charge in [0.1, 0.15) is 0 Å². The molecular weight excluding hydrogens is 364 g/mol. The van der Waals surface area contributed by atoms with Crippen LogP contribution >= 0.6 is 0 Å². The van der Waals surface area contributed by atoms with Gasteiger partial charge >= 0.3 is 0 Å². The third-order valence-electron chi connectivity index (χ3n) is 7.03. The molecule has 0 bridgehead atoms. The minimum atomic E-state index is -0.690. The van der Waals surface area contributed by atoms with Gasteiger partial charge in [-0.1, -0.05) is 89.1 Å². The molecule has 0 aliphatic carbocycles. The Hall–Kier alpha value is -1.86. The second kappa shape index (κ2) is 10.4. The molecule has 2 aromatic carbocycles. The van der Waals surface area contributed by atoms with E-state index in [1.807, 2.05) is 6.08 Å². The minimum absolute atomic E-state index is 0.0383. The van der Waals surface area contributed by atoms with Crippen LogP contribution in [0.1, 0.15) is 99.6 Å². The normalized spacial score (nSPS) is 12.7. The van der Waals surface area contributed by atoms with Crippen molar-refractivity contribution < 1.29 is 5.11 Å². The van der Waals surface area contributed by atoms with Gasteiger partial charge in [0.2, 0.25) is 0 Å². The Morgan fingerprint density at radius 3 is 1.73 bits per heavy atom. The molecule has 0 heterocycles. The van der Waals surface area contributed by atoms with Gasteiger partial charge < -0.3 is 5.11 Å². The third kappa shape index (κ3) is 5.24. The van der Waals surface area contributed by atoms with Crippen molar-refractivity contribution in [3.05, 3.63) is 75.9 Å². The highest BCUT2D eigenvalue weighted by atomic mass is 16.3. The Balaban J connectivity index is 2.44. The first-order valence-corrected chi connectivity index (χ1v) is 11.9. The number of benzene rings is 2. The minimum Gasteiger partial charge on any atom is -0.386 e. The average Bonchev–Trinajstić information content (AvgIpc) is 2.71. The lowest BCUT2D eigenvalue weighted by Gasteiger charge is -2.34. The van der Waals surface area contributed by atoms with Gasteiger partial charge in [0.15, 0.2) is 0 Å². The fourth-order valence-electron chi connectivity index (χ4n) is 4.84. The summed E-state index contributed by atoms with van der Waals surface area (Å²) >= 11 is 0. The first kappa shape index (κ1) is 24.4. The Morgan fingerprint density at radius 2 is 1.27 bits per heavy atom. The molecule has 0 aromatic heterocycles. The molecular formula is C29H42O. The monoisotopic (exact) mass is 406 g/mol. The molecule has 0 aliphatic heterocycles. The lowest BCUT2D eigenvalue weighted by molar-refractivity contribution is 0.0714. The topological polar surface area (TPSA) is 20.2 Å². The number of aliphatic hydroxyl groups is 1. The highest BCUT2D eigenvalue weighted by molar-refractivity contribution is 5.57. The fourth-order valence-corrected chi connectivity index (χ4v) is 4.84. The van der Waals surface area contributed by atoms with Gasteiger partial charge in [0.25, 0.3) is 0 Å². The van der Waals surface area contributed by atoms with Crippen molar-refractivity contribution >= 4 is 6.08 Å². The van der Waals surface area contributed by atoms with Crippen LogP contribution in [0.15, 0.2) is 42.5 Å². The summed E-state index contributed by atoms with van der Waals surface area (Å²) in [6.45, 7) is 15.5. The summed E-state index contributed by atoms with van der Waals surface area (Å²) in [6, 6.07) is 13.8. The Labute approximate surface area is 185 Å². The largest absolute Gasteiger partial charge is 0.386 e. The van der Waals surface area contributed by atoms with Crippen molar-refractivity contribution in [1.82, 2.24) is 0 Å². The van der Waals surface area contributed by atoms with Crippen LogP contribution in [-0.4, -0.2) is 10.7 Å². The second-order valence-corrected chi connectivity index (χ2v) is 9.10. The van der Waals surface area contributed by atoms with E-state index in [0.29, 0.717) is 0 Å². The van der Waals surface area contributed by atoms with E-state index in [4.69, 9.17) is 0 Å². The van der Waals surface area contributed by atoms with Crippen molar-refractivity contribution in [3.8, 4) is 0 Å². The van der Waals surface area contributed by atoms with Crippen molar-refractivity contribution in [2.75, 3.05) is 0 Å². The zero-order valence-electron chi connectivity index (χ0n) is 20.3. The van der Waals surface area contributed by atoms with Crippen molar-refractivity contribution in [2.24, 2.45) is 0 Å². The number of hydrogen-bond donors (Lipinski definition) is 1. The van der Waals surface area contributed by atoms with Crippen LogP contribution < -0.4 is 0 Å². The van der Waals surface area contributed by atoms with E-state index >= 15 is 0 Å². The molecule has 0 spiro atoms. The van der Waals surface area contributed by atoms with Gasteiger partial charge in [-0.15, -0.1) is 0 Å². The van der Waals surface area contributed by atoms with E-state index in [2.05, 4.69) is 90.9 Å². The van der Waals surface area contributed by atoms with Gasteiger partial charge in [-0.2, -0.15) is 0 Å². The Kier molecular flexibility index (Phi) is 8.50. The summed E-state index contributed by atoms with van der Waals surface area (Å²) in [4.78, 5) is 0. The molecule has 0 radical (unpaired) electrons. The summed E-state index contributed by atoms with van der Waals surface area (Å²) < 4.78 is 0. The quantitative estimate of drug-likeness (QED) is 0.423. The maximum atomic E-state index is 10.9. The standard InChI is InChI=1S/C29H42O/c1-8-17-28(30,18-9-2)19-16-25-13-15-27(21-24(25)7)29(10-3,11-4)26-14-12-22(5)23(6)20-26/h12-16,19-21,30H,8-11,17-18H2,1-7H3/b19-16+. The van der Waals surface area contributed by atoms with Crippen LogP contribution in [0.4, 0.5) is 0 Å². The summed E-state index contributed by atoms with van der Waals surface area (Å²) in [6.07, 6.45) is 9.92. The Bertz CT molecular complexity index is 849. The molecule has 2 aromatic rings. The number of hydrogen-bond acceptors (Lipinski definition) is 1. The zero-order chi connectivity index (χ0) is 22.4. The molecule has 0 saturated carbocycles. The molecule has 2 rings (SSSR count). The lowest BCUT2D eigenvalue weighted by atomic mass is 9.69. The van der Waals surface area contributed by atoms with E-state index in [1.54, 1.807) is 0 Å². The molecule has 1 heteroatoms. The summed E-state index contributed by atoms with van der Waals surface area (Å²) in [7, 11) is 0. The first-order chi connectivity index (χ1) is 14.2. The Morgan fingerprint density at radius 1 is 0.733 bits per heavy atom. The van der Waals surface area contributed by atoms with E-state index in [1.165, 1.54) is 33.4 Å². The second-order valence-electron chi connectivity index (χ2n) is 9.10. The maximum Gasteiger partial charge on any atom is 0.0830 e. The SMILES string of the molecule is CCCC(O)(/C=C/c1ccc(C(CC)(CC)c2ccc(C)c(C)c2)cc1C)CCC. The van der Waals surface area contributed by atoms with Gasteiger partial charge in [0.05, 0.1) is 5.60 Å². The molecule has 0 unspecified atom stereocenters. The molecule has 1 N–H and O–H groups in total. The zero-order valence-corrected chi connectivity index (χ0v) is 20.3. The molecule has 30 heavy (non-hydrogen) atoms. The van der Waals surface area contributed by atoms with Gasteiger partial charge in [-0.25, -0.2) is 0 Å².